The maximum Gasteiger partial charge on any atom is 0.417 e. The van der Waals surface area contributed by atoms with E-state index in [0.717, 1.165) is 22.2 Å². The summed E-state index contributed by atoms with van der Waals surface area (Å²) in [5, 5.41) is 0.635. The third-order valence-electron chi connectivity index (χ3n) is 3.29. The maximum atomic E-state index is 13.1. The molecule has 1 aromatic heterocycles. The van der Waals surface area contributed by atoms with E-state index in [1.165, 1.54) is 12.3 Å². The minimum Gasteiger partial charge on any atom is -0.241 e. The highest BCUT2D eigenvalue weighted by Gasteiger charge is 2.37. The van der Waals surface area contributed by atoms with E-state index < -0.39 is 26.7 Å². The van der Waals surface area contributed by atoms with Gasteiger partial charge in [0.25, 0.3) is 10.0 Å². The van der Waals surface area contributed by atoms with Gasteiger partial charge in [-0.2, -0.15) is 13.2 Å². The molecule has 1 heterocycles. The quantitative estimate of drug-likeness (QED) is 0.717. The lowest BCUT2D eigenvalue weighted by atomic mass is 10.2. The number of fused-ring (bicyclic) bond motifs is 1. The minimum absolute atomic E-state index is 0.333. The van der Waals surface area contributed by atoms with Crippen molar-refractivity contribution < 1.29 is 21.6 Å². The predicted molar refractivity (Wildman–Crippen MR) is 76.0 cm³/mol. The van der Waals surface area contributed by atoms with Gasteiger partial charge in [-0.05, 0) is 24.3 Å². The Bertz CT molecular complexity index is 943. The van der Waals surface area contributed by atoms with Crippen LogP contribution in [-0.4, -0.2) is 12.4 Å². The van der Waals surface area contributed by atoms with E-state index in [9.17, 15) is 21.6 Å². The van der Waals surface area contributed by atoms with Gasteiger partial charge in [0, 0.05) is 11.6 Å². The molecule has 0 fully saturated rings. The molecule has 0 aliphatic heterocycles. The van der Waals surface area contributed by atoms with Gasteiger partial charge < -0.3 is 0 Å². The lowest BCUT2D eigenvalue weighted by Gasteiger charge is -2.14. The van der Waals surface area contributed by atoms with Crippen LogP contribution in [0, 0.1) is 0 Å². The lowest BCUT2D eigenvalue weighted by molar-refractivity contribution is -0.139. The fourth-order valence-electron chi connectivity index (χ4n) is 2.30. The van der Waals surface area contributed by atoms with Crippen molar-refractivity contribution in [2.24, 2.45) is 0 Å². The Hall–Kier alpha value is -2.28. The van der Waals surface area contributed by atoms with E-state index >= 15 is 0 Å². The van der Waals surface area contributed by atoms with Crippen LogP contribution in [0.1, 0.15) is 5.56 Å². The first kappa shape index (κ1) is 14.6. The number of alkyl halides is 3. The number of aromatic nitrogens is 1. The van der Waals surface area contributed by atoms with E-state index in [2.05, 4.69) is 0 Å². The lowest BCUT2D eigenvalue weighted by Crippen LogP contribution is -2.18. The second-order valence-corrected chi connectivity index (χ2v) is 6.45. The number of benzene rings is 2. The Kier molecular flexibility index (Phi) is 3.25. The fourth-order valence-corrected chi connectivity index (χ4v) is 3.87. The standard InChI is InChI=1S/C15H10F3NO2S/c16-15(17,18)12-6-2-4-8-14(12)22(20,21)19-10-9-11-5-1-3-7-13(11)19/h1-10H. The van der Waals surface area contributed by atoms with Crippen molar-refractivity contribution in [2.75, 3.05) is 0 Å². The van der Waals surface area contributed by atoms with Gasteiger partial charge in [-0.25, -0.2) is 12.4 Å². The predicted octanol–water partition coefficient (Wildman–Crippen LogP) is 3.90. The highest BCUT2D eigenvalue weighted by atomic mass is 32.2. The second kappa shape index (κ2) is 4.88. The third kappa shape index (κ3) is 2.27. The molecule has 0 atom stereocenters. The molecule has 22 heavy (non-hydrogen) atoms. The van der Waals surface area contributed by atoms with Gasteiger partial charge in [-0.3, -0.25) is 0 Å². The normalized spacial score (nSPS) is 12.7. The zero-order chi connectivity index (χ0) is 16.0. The highest BCUT2D eigenvalue weighted by Crippen LogP contribution is 2.35. The monoisotopic (exact) mass is 325 g/mol. The van der Waals surface area contributed by atoms with Gasteiger partial charge in [0.05, 0.1) is 11.1 Å². The molecule has 0 radical (unpaired) electrons. The van der Waals surface area contributed by atoms with Crippen molar-refractivity contribution in [1.82, 2.24) is 3.97 Å². The first-order chi connectivity index (χ1) is 10.3. The Morgan fingerprint density at radius 1 is 0.864 bits per heavy atom. The molecule has 0 amide bonds. The zero-order valence-corrected chi connectivity index (χ0v) is 11.9. The Balaban J connectivity index is 2.28. The van der Waals surface area contributed by atoms with Crippen molar-refractivity contribution in [3.05, 3.63) is 66.4 Å². The number of nitrogens with zero attached hydrogens (tertiary/aromatic N) is 1. The van der Waals surface area contributed by atoms with Crippen LogP contribution >= 0.6 is 0 Å². The van der Waals surface area contributed by atoms with Gasteiger partial charge in [-0.15, -0.1) is 0 Å². The van der Waals surface area contributed by atoms with Crippen molar-refractivity contribution >= 4 is 20.9 Å². The molecule has 0 unspecified atom stereocenters. The number of rotatable bonds is 2. The van der Waals surface area contributed by atoms with E-state index in [-0.39, 0.29) is 0 Å². The zero-order valence-electron chi connectivity index (χ0n) is 11.1. The van der Waals surface area contributed by atoms with Crippen LogP contribution in [0.5, 0.6) is 0 Å². The summed E-state index contributed by atoms with van der Waals surface area (Å²) in [6.45, 7) is 0. The summed E-state index contributed by atoms with van der Waals surface area (Å²) in [6.07, 6.45) is -3.49. The third-order valence-corrected chi connectivity index (χ3v) is 5.04. The van der Waals surface area contributed by atoms with E-state index in [0.29, 0.717) is 10.9 Å². The topological polar surface area (TPSA) is 39.1 Å². The van der Waals surface area contributed by atoms with Crippen molar-refractivity contribution in [3.63, 3.8) is 0 Å². The summed E-state index contributed by atoms with van der Waals surface area (Å²) in [5.41, 5.74) is -0.841. The average molecular weight is 325 g/mol. The molecule has 7 heteroatoms. The summed E-state index contributed by atoms with van der Waals surface area (Å²) in [5.74, 6) is 0. The van der Waals surface area contributed by atoms with Crippen LogP contribution < -0.4 is 0 Å². The van der Waals surface area contributed by atoms with E-state index in [4.69, 9.17) is 0 Å². The fraction of sp³-hybridized carbons (Fsp3) is 0.0667. The molecule has 3 rings (SSSR count). The molecule has 3 aromatic rings. The summed E-state index contributed by atoms with van der Waals surface area (Å²) >= 11 is 0. The van der Waals surface area contributed by atoms with Gasteiger partial charge in [0.1, 0.15) is 4.90 Å². The summed E-state index contributed by atoms with van der Waals surface area (Å²) < 4.78 is 65.3. The molecule has 2 aromatic carbocycles. The second-order valence-electron chi connectivity index (χ2n) is 4.67. The molecule has 0 bridgehead atoms. The number of para-hydroxylation sites is 1. The SMILES string of the molecule is O=S(=O)(c1ccccc1C(F)(F)F)n1ccc2ccccc21. The van der Waals surface area contributed by atoms with Gasteiger partial charge >= 0.3 is 6.18 Å². The maximum absolute atomic E-state index is 13.1. The smallest absolute Gasteiger partial charge is 0.241 e. The van der Waals surface area contributed by atoms with Crippen LogP contribution in [0.3, 0.4) is 0 Å². The van der Waals surface area contributed by atoms with E-state index in [1.807, 2.05) is 0 Å². The Morgan fingerprint density at radius 3 is 2.23 bits per heavy atom. The Labute approximate surface area is 124 Å². The first-order valence-corrected chi connectivity index (χ1v) is 7.74. The molecule has 3 nitrogen and oxygen atoms in total. The number of halogens is 3. The molecule has 0 saturated heterocycles. The van der Waals surface area contributed by atoms with Crippen LogP contribution in [0.4, 0.5) is 13.2 Å². The van der Waals surface area contributed by atoms with Crippen LogP contribution in [-0.2, 0) is 16.2 Å². The van der Waals surface area contributed by atoms with Gasteiger partial charge in [0.15, 0.2) is 0 Å². The molecule has 0 aliphatic carbocycles. The largest absolute Gasteiger partial charge is 0.417 e. The van der Waals surface area contributed by atoms with Crippen molar-refractivity contribution in [1.29, 1.82) is 0 Å². The highest BCUT2D eigenvalue weighted by molar-refractivity contribution is 7.90. The average Bonchev–Trinajstić information content (AvgIpc) is 2.91. The van der Waals surface area contributed by atoms with Crippen LogP contribution in [0.25, 0.3) is 10.9 Å². The van der Waals surface area contributed by atoms with Crippen LogP contribution in [0.15, 0.2) is 65.7 Å². The van der Waals surface area contributed by atoms with E-state index in [1.54, 1.807) is 30.3 Å². The molecular weight excluding hydrogens is 315 g/mol. The molecular formula is C15H10F3NO2S. The molecule has 114 valence electrons. The summed E-state index contributed by atoms with van der Waals surface area (Å²) in [7, 11) is -4.34. The van der Waals surface area contributed by atoms with Crippen LogP contribution in [0.2, 0.25) is 0 Å². The number of hydrogen-bond acceptors (Lipinski definition) is 2. The van der Waals surface area contributed by atoms with Crippen molar-refractivity contribution in [2.45, 2.75) is 11.1 Å². The molecule has 0 saturated carbocycles. The first-order valence-electron chi connectivity index (χ1n) is 6.30. The van der Waals surface area contributed by atoms with Crippen molar-refractivity contribution in [3.8, 4) is 0 Å². The summed E-state index contributed by atoms with van der Waals surface area (Å²) in [4.78, 5) is -0.760. The minimum atomic E-state index is -4.74. The molecule has 0 aliphatic rings. The number of hydrogen-bond donors (Lipinski definition) is 0. The summed E-state index contributed by atoms with van der Waals surface area (Å²) in [6, 6.07) is 12.3. The molecule has 0 N–H and O–H groups in total. The molecule has 0 spiro atoms. The van der Waals surface area contributed by atoms with Gasteiger partial charge in [-0.1, -0.05) is 30.3 Å². The van der Waals surface area contributed by atoms with Gasteiger partial charge in [0.2, 0.25) is 0 Å². The Morgan fingerprint density at radius 2 is 1.50 bits per heavy atom.